The predicted molar refractivity (Wildman–Crippen MR) is 77.2 cm³/mol. The summed E-state index contributed by atoms with van der Waals surface area (Å²) >= 11 is 0. The van der Waals surface area contributed by atoms with E-state index in [-0.39, 0.29) is 0 Å². The van der Waals surface area contributed by atoms with Crippen molar-refractivity contribution in [3.63, 3.8) is 0 Å². The molecule has 2 nitrogen and oxygen atoms in total. The first-order chi connectivity index (χ1) is 8.77. The average Bonchev–Trinajstić information content (AvgIpc) is 2.46. The summed E-state index contributed by atoms with van der Waals surface area (Å²) in [6.45, 7) is 0. The second kappa shape index (κ2) is 5.73. The molecule has 0 aliphatic rings. The zero-order valence-corrected chi connectivity index (χ0v) is 10.1. The summed E-state index contributed by atoms with van der Waals surface area (Å²) in [4.78, 5) is 0. The van der Waals surface area contributed by atoms with E-state index in [4.69, 9.17) is 11.5 Å². The van der Waals surface area contributed by atoms with Crippen LogP contribution in [0.25, 0.3) is 11.4 Å². The highest BCUT2D eigenvalue weighted by Crippen LogP contribution is 2.11. The monoisotopic (exact) mass is 236 g/mol. The van der Waals surface area contributed by atoms with Crippen molar-refractivity contribution in [2.75, 3.05) is 0 Å². The molecule has 0 aromatic heterocycles. The summed E-state index contributed by atoms with van der Waals surface area (Å²) in [7, 11) is 0. The van der Waals surface area contributed by atoms with E-state index in [0.29, 0.717) is 11.4 Å². The summed E-state index contributed by atoms with van der Waals surface area (Å²) in [5.74, 6) is 0. The molecule has 0 saturated heterocycles. The van der Waals surface area contributed by atoms with Crippen LogP contribution in [0.15, 0.2) is 72.8 Å². The first-order valence-electron chi connectivity index (χ1n) is 5.81. The molecular weight excluding hydrogens is 220 g/mol. The topological polar surface area (TPSA) is 52.0 Å². The third-order valence-electron chi connectivity index (χ3n) is 2.66. The molecule has 0 heterocycles. The molecule has 18 heavy (non-hydrogen) atoms. The van der Waals surface area contributed by atoms with Gasteiger partial charge in [0.2, 0.25) is 0 Å². The van der Waals surface area contributed by atoms with E-state index in [0.717, 1.165) is 11.1 Å². The van der Waals surface area contributed by atoms with Gasteiger partial charge in [-0.15, -0.1) is 0 Å². The van der Waals surface area contributed by atoms with E-state index in [1.807, 2.05) is 72.8 Å². The standard InChI is InChI=1S/C16H16N2/c17-15(13-7-3-1-4-8-13)11-12-16(18)14-9-5-2-6-10-14/h1-12H,17-18H2/b15-11-,16-12-. The highest BCUT2D eigenvalue weighted by molar-refractivity contribution is 5.70. The van der Waals surface area contributed by atoms with E-state index in [9.17, 15) is 0 Å². The van der Waals surface area contributed by atoms with Gasteiger partial charge in [0.15, 0.2) is 0 Å². The molecule has 0 aliphatic heterocycles. The van der Waals surface area contributed by atoms with E-state index in [1.165, 1.54) is 0 Å². The fourth-order valence-electron chi connectivity index (χ4n) is 1.63. The molecule has 0 amide bonds. The third-order valence-corrected chi connectivity index (χ3v) is 2.66. The predicted octanol–water partition coefficient (Wildman–Crippen LogP) is 2.99. The first kappa shape index (κ1) is 12.0. The molecule has 2 aromatic rings. The van der Waals surface area contributed by atoms with Crippen LogP contribution in [0.1, 0.15) is 11.1 Å². The second-order valence-electron chi connectivity index (χ2n) is 3.98. The molecule has 0 unspecified atom stereocenters. The Morgan fingerprint density at radius 3 is 1.28 bits per heavy atom. The van der Waals surface area contributed by atoms with Crippen molar-refractivity contribution in [1.29, 1.82) is 0 Å². The fourth-order valence-corrected chi connectivity index (χ4v) is 1.63. The van der Waals surface area contributed by atoms with Gasteiger partial charge in [-0.1, -0.05) is 60.7 Å². The molecule has 2 rings (SSSR count). The molecular formula is C16H16N2. The zero-order chi connectivity index (χ0) is 12.8. The van der Waals surface area contributed by atoms with Crippen molar-refractivity contribution in [2.24, 2.45) is 11.5 Å². The van der Waals surface area contributed by atoms with Gasteiger partial charge in [0.05, 0.1) is 0 Å². The van der Waals surface area contributed by atoms with E-state index in [2.05, 4.69) is 0 Å². The summed E-state index contributed by atoms with van der Waals surface area (Å²) in [6, 6.07) is 19.6. The Kier molecular flexibility index (Phi) is 3.82. The quantitative estimate of drug-likeness (QED) is 0.805. The van der Waals surface area contributed by atoms with Crippen LogP contribution in [0.2, 0.25) is 0 Å². The molecule has 0 atom stereocenters. The Bertz CT molecular complexity index is 501. The summed E-state index contributed by atoms with van der Waals surface area (Å²) < 4.78 is 0. The maximum absolute atomic E-state index is 5.98. The van der Waals surface area contributed by atoms with E-state index in [1.54, 1.807) is 0 Å². The van der Waals surface area contributed by atoms with Crippen molar-refractivity contribution < 1.29 is 0 Å². The van der Waals surface area contributed by atoms with Crippen LogP contribution < -0.4 is 11.5 Å². The van der Waals surface area contributed by atoms with Gasteiger partial charge in [-0.3, -0.25) is 0 Å². The fraction of sp³-hybridized carbons (Fsp3) is 0. The SMILES string of the molecule is N/C(=C\C=C(/N)c1ccccc1)c1ccccc1. The Hall–Kier alpha value is -2.48. The van der Waals surface area contributed by atoms with Gasteiger partial charge in [0, 0.05) is 11.4 Å². The average molecular weight is 236 g/mol. The van der Waals surface area contributed by atoms with Crippen LogP contribution in [0.4, 0.5) is 0 Å². The van der Waals surface area contributed by atoms with Gasteiger partial charge in [0.1, 0.15) is 0 Å². The van der Waals surface area contributed by atoms with Crippen molar-refractivity contribution in [2.45, 2.75) is 0 Å². The van der Waals surface area contributed by atoms with Crippen molar-refractivity contribution >= 4 is 11.4 Å². The van der Waals surface area contributed by atoms with Gasteiger partial charge in [0.25, 0.3) is 0 Å². The Morgan fingerprint density at radius 1 is 0.611 bits per heavy atom. The lowest BCUT2D eigenvalue weighted by atomic mass is 10.1. The molecule has 2 heteroatoms. The van der Waals surface area contributed by atoms with E-state index >= 15 is 0 Å². The minimum Gasteiger partial charge on any atom is -0.398 e. The molecule has 0 aliphatic carbocycles. The Labute approximate surface area is 107 Å². The Morgan fingerprint density at radius 2 is 0.944 bits per heavy atom. The maximum Gasteiger partial charge on any atom is 0.0388 e. The van der Waals surface area contributed by atoms with Gasteiger partial charge >= 0.3 is 0 Å². The highest BCUT2D eigenvalue weighted by Gasteiger charge is 1.95. The molecule has 4 N–H and O–H groups in total. The van der Waals surface area contributed by atoms with Crippen molar-refractivity contribution in [1.82, 2.24) is 0 Å². The van der Waals surface area contributed by atoms with E-state index < -0.39 is 0 Å². The molecule has 0 saturated carbocycles. The number of hydrogen-bond acceptors (Lipinski definition) is 2. The summed E-state index contributed by atoms with van der Waals surface area (Å²) in [6.07, 6.45) is 3.66. The molecule has 0 bridgehead atoms. The number of benzene rings is 2. The number of rotatable bonds is 3. The van der Waals surface area contributed by atoms with Crippen LogP contribution in [-0.2, 0) is 0 Å². The third kappa shape index (κ3) is 3.01. The maximum atomic E-state index is 5.98. The molecule has 0 fully saturated rings. The smallest absolute Gasteiger partial charge is 0.0388 e. The highest BCUT2D eigenvalue weighted by atomic mass is 14.6. The van der Waals surface area contributed by atoms with Gasteiger partial charge in [-0.05, 0) is 23.3 Å². The van der Waals surface area contributed by atoms with Crippen LogP contribution in [0.5, 0.6) is 0 Å². The number of nitrogens with two attached hydrogens (primary N) is 2. The second-order valence-corrected chi connectivity index (χ2v) is 3.98. The van der Waals surface area contributed by atoms with Gasteiger partial charge in [-0.25, -0.2) is 0 Å². The summed E-state index contributed by atoms with van der Waals surface area (Å²) in [5.41, 5.74) is 15.4. The lowest BCUT2D eigenvalue weighted by Crippen LogP contribution is -1.98. The van der Waals surface area contributed by atoms with Gasteiger partial charge in [-0.2, -0.15) is 0 Å². The van der Waals surface area contributed by atoms with Crippen molar-refractivity contribution in [3.05, 3.63) is 83.9 Å². The molecule has 2 aromatic carbocycles. The first-order valence-corrected chi connectivity index (χ1v) is 5.81. The number of allylic oxidation sites excluding steroid dienone is 2. The van der Waals surface area contributed by atoms with Crippen LogP contribution in [0.3, 0.4) is 0 Å². The van der Waals surface area contributed by atoms with Gasteiger partial charge < -0.3 is 11.5 Å². The largest absolute Gasteiger partial charge is 0.398 e. The lowest BCUT2D eigenvalue weighted by Gasteiger charge is -2.01. The zero-order valence-electron chi connectivity index (χ0n) is 10.1. The molecule has 90 valence electrons. The van der Waals surface area contributed by atoms with Crippen LogP contribution >= 0.6 is 0 Å². The molecule has 0 radical (unpaired) electrons. The normalized spacial score (nSPS) is 12.4. The lowest BCUT2D eigenvalue weighted by molar-refractivity contribution is 1.49. The molecule has 0 spiro atoms. The summed E-state index contributed by atoms with van der Waals surface area (Å²) in [5, 5.41) is 0. The van der Waals surface area contributed by atoms with Crippen molar-refractivity contribution in [3.8, 4) is 0 Å². The van der Waals surface area contributed by atoms with Crippen LogP contribution in [-0.4, -0.2) is 0 Å². The minimum atomic E-state index is 0.703. The Balaban J connectivity index is 2.20. The number of hydrogen-bond donors (Lipinski definition) is 2. The van der Waals surface area contributed by atoms with Crippen LogP contribution in [0, 0.1) is 0 Å². The minimum absolute atomic E-state index is 0.703.